The van der Waals surface area contributed by atoms with E-state index in [4.69, 9.17) is 5.11 Å². The van der Waals surface area contributed by atoms with Crippen LogP contribution < -0.4 is 0 Å². The molecule has 0 saturated heterocycles. The van der Waals surface area contributed by atoms with Crippen molar-refractivity contribution >= 4 is 0 Å². The molecule has 82 valence electrons. The summed E-state index contributed by atoms with van der Waals surface area (Å²) in [6.07, 6.45) is 4.07. The largest absolute Gasteiger partial charge is 0.392 e. The van der Waals surface area contributed by atoms with E-state index in [0.29, 0.717) is 0 Å². The molecule has 0 atom stereocenters. The van der Waals surface area contributed by atoms with Crippen LogP contribution in [0.3, 0.4) is 0 Å². The molecule has 1 heterocycles. The first-order valence-corrected chi connectivity index (χ1v) is 5.25. The van der Waals surface area contributed by atoms with E-state index >= 15 is 0 Å². The molecule has 1 aromatic heterocycles. The van der Waals surface area contributed by atoms with Crippen LogP contribution >= 0.6 is 0 Å². The van der Waals surface area contributed by atoms with Crippen LogP contribution in [-0.2, 0) is 13.0 Å². The Balaban J connectivity index is 2.18. The Bertz CT molecular complexity index is 466. The summed E-state index contributed by atoms with van der Waals surface area (Å²) in [6.45, 7) is 2.07. The minimum absolute atomic E-state index is 0.00928. The average molecular weight is 214 g/mol. The zero-order valence-corrected chi connectivity index (χ0v) is 9.22. The molecule has 0 aliphatic rings. The van der Waals surface area contributed by atoms with Crippen LogP contribution in [0.2, 0.25) is 0 Å². The van der Waals surface area contributed by atoms with E-state index < -0.39 is 0 Å². The van der Waals surface area contributed by atoms with Crippen molar-refractivity contribution in [1.82, 2.24) is 9.97 Å². The Morgan fingerprint density at radius 3 is 2.44 bits per heavy atom. The van der Waals surface area contributed by atoms with Gasteiger partial charge in [-0.1, -0.05) is 24.3 Å². The molecule has 0 aliphatic carbocycles. The third-order valence-electron chi connectivity index (χ3n) is 2.55. The van der Waals surface area contributed by atoms with Gasteiger partial charge in [-0.3, -0.25) is 0 Å². The van der Waals surface area contributed by atoms with E-state index in [-0.39, 0.29) is 6.61 Å². The highest BCUT2D eigenvalue weighted by Gasteiger charge is 2.01. The lowest BCUT2D eigenvalue weighted by molar-refractivity contribution is 0.280. The lowest BCUT2D eigenvalue weighted by Crippen LogP contribution is -1.99. The molecule has 0 unspecified atom stereocenters. The zero-order valence-electron chi connectivity index (χ0n) is 9.22. The molecule has 16 heavy (non-hydrogen) atoms. The summed E-state index contributed by atoms with van der Waals surface area (Å²) in [5, 5.41) is 8.88. The van der Waals surface area contributed by atoms with Crippen LogP contribution in [0.25, 0.3) is 0 Å². The van der Waals surface area contributed by atoms with E-state index in [9.17, 15) is 0 Å². The van der Waals surface area contributed by atoms with Gasteiger partial charge in [0.2, 0.25) is 0 Å². The van der Waals surface area contributed by atoms with Crippen LogP contribution in [0.1, 0.15) is 22.5 Å². The summed E-state index contributed by atoms with van der Waals surface area (Å²) in [7, 11) is 0. The minimum atomic E-state index is -0.00928. The summed E-state index contributed by atoms with van der Waals surface area (Å²) in [4.78, 5) is 8.43. The van der Waals surface area contributed by atoms with Crippen molar-refractivity contribution in [2.24, 2.45) is 0 Å². The molecule has 1 N–H and O–H groups in total. The van der Waals surface area contributed by atoms with E-state index in [2.05, 4.69) is 29.0 Å². The molecule has 0 radical (unpaired) electrons. The molecular weight excluding hydrogens is 200 g/mol. The first-order valence-electron chi connectivity index (χ1n) is 5.25. The third-order valence-corrected chi connectivity index (χ3v) is 2.55. The number of rotatable bonds is 3. The first-order chi connectivity index (χ1) is 7.79. The predicted octanol–water partition coefficient (Wildman–Crippen LogP) is 1.87. The van der Waals surface area contributed by atoms with Gasteiger partial charge in [0, 0.05) is 24.4 Å². The van der Waals surface area contributed by atoms with Crippen molar-refractivity contribution in [1.29, 1.82) is 0 Å². The van der Waals surface area contributed by atoms with Crippen LogP contribution in [0.4, 0.5) is 0 Å². The molecule has 0 aliphatic heterocycles. The van der Waals surface area contributed by atoms with Crippen LogP contribution in [0.5, 0.6) is 0 Å². The molecular formula is C13H14N2O. The Morgan fingerprint density at radius 2 is 1.81 bits per heavy atom. The number of aliphatic hydroxyl groups excluding tert-OH is 1. The predicted molar refractivity (Wildman–Crippen MR) is 61.9 cm³/mol. The summed E-state index contributed by atoms with van der Waals surface area (Å²) < 4.78 is 0. The van der Waals surface area contributed by atoms with E-state index in [1.54, 1.807) is 12.4 Å². The molecule has 0 amide bonds. The SMILES string of the molecule is Cc1ccccc1Cc1ncc(CO)cn1. The molecule has 3 nitrogen and oxygen atoms in total. The normalized spacial score (nSPS) is 10.4. The summed E-state index contributed by atoms with van der Waals surface area (Å²) in [5.74, 6) is 0.784. The average Bonchev–Trinajstić information content (AvgIpc) is 2.33. The topological polar surface area (TPSA) is 46.0 Å². The minimum Gasteiger partial charge on any atom is -0.392 e. The van der Waals surface area contributed by atoms with Gasteiger partial charge >= 0.3 is 0 Å². The highest BCUT2D eigenvalue weighted by atomic mass is 16.3. The molecule has 2 rings (SSSR count). The van der Waals surface area contributed by atoms with Gasteiger partial charge in [-0.05, 0) is 18.1 Å². The Morgan fingerprint density at radius 1 is 1.12 bits per heavy atom. The second kappa shape index (κ2) is 4.86. The van der Waals surface area contributed by atoms with Crippen molar-refractivity contribution in [2.45, 2.75) is 20.0 Å². The molecule has 2 aromatic rings. The first kappa shape index (κ1) is 10.8. The maximum Gasteiger partial charge on any atom is 0.132 e. The van der Waals surface area contributed by atoms with Gasteiger partial charge in [0.15, 0.2) is 0 Å². The maximum atomic E-state index is 8.88. The van der Waals surface area contributed by atoms with Crippen LogP contribution in [-0.4, -0.2) is 15.1 Å². The van der Waals surface area contributed by atoms with Crippen molar-refractivity contribution in [3.8, 4) is 0 Å². The number of nitrogens with zero attached hydrogens (tertiary/aromatic N) is 2. The molecule has 0 spiro atoms. The number of hydrogen-bond acceptors (Lipinski definition) is 3. The second-order valence-corrected chi connectivity index (χ2v) is 3.77. The van der Waals surface area contributed by atoms with Crippen molar-refractivity contribution in [2.75, 3.05) is 0 Å². The molecule has 0 saturated carbocycles. The monoisotopic (exact) mass is 214 g/mol. The van der Waals surface area contributed by atoms with Crippen molar-refractivity contribution in [3.05, 3.63) is 59.2 Å². The number of aryl methyl sites for hydroxylation is 1. The van der Waals surface area contributed by atoms with E-state index in [1.165, 1.54) is 11.1 Å². The number of aliphatic hydroxyl groups is 1. The zero-order chi connectivity index (χ0) is 11.4. The molecule has 3 heteroatoms. The lowest BCUT2D eigenvalue weighted by atomic mass is 10.1. The van der Waals surface area contributed by atoms with Crippen LogP contribution in [0, 0.1) is 6.92 Å². The highest BCUT2D eigenvalue weighted by molar-refractivity contribution is 5.28. The van der Waals surface area contributed by atoms with Gasteiger partial charge in [-0.15, -0.1) is 0 Å². The molecule has 0 fully saturated rings. The van der Waals surface area contributed by atoms with Gasteiger partial charge < -0.3 is 5.11 Å². The van der Waals surface area contributed by atoms with Gasteiger partial charge in [-0.25, -0.2) is 9.97 Å². The Hall–Kier alpha value is -1.74. The fourth-order valence-electron chi connectivity index (χ4n) is 1.53. The Kier molecular flexibility index (Phi) is 3.27. The summed E-state index contributed by atoms with van der Waals surface area (Å²) >= 11 is 0. The van der Waals surface area contributed by atoms with Crippen molar-refractivity contribution in [3.63, 3.8) is 0 Å². The Labute approximate surface area is 94.8 Å². The number of benzene rings is 1. The quantitative estimate of drug-likeness (QED) is 0.848. The van der Waals surface area contributed by atoms with E-state index in [1.807, 2.05) is 12.1 Å². The summed E-state index contributed by atoms with van der Waals surface area (Å²) in [6, 6.07) is 8.20. The van der Waals surface area contributed by atoms with Gasteiger partial charge in [0.1, 0.15) is 5.82 Å². The van der Waals surface area contributed by atoms with Gasteiger partial charge in [-0.2, -0.15) is 0 Å². The fraction of sp³-hybridized carbons (Fsp3) is 0.231. The third kappa shape index (κ3) is 2.44. The maximum absolute atomic E-state index is 8.88. The van der Waals surface area contributed by atoms with Gasteiger partial charge in [0.05, 0.1) is 6.61 Å². The van der Waals surface area contributed by atoms with Crippen LogP contribution in [0.15, 0.2) is 36.7 Å². The van der Waals surface area contributed by atoms with E-state index in [0.717, 1.165) is 17.8 Å². The fourth-order valence-corrected chi connectivity index (χ4v) is 1.53. The molecule has 1 aromatic carbocycles. The highest BCUT2D eigenvalue weighted by Crippen LogP contribution is 2.10. The smallest absolute Gasteiger partial charge is 0.132 e. The van der Waals surface area contributed by atoms with Crippen molar-refractivity contribution < 1.29 is 5.11 Å². The molecule has 0 bridgehead atoms. The van der Waals surface area contributed by atoms with Gasteiger partial charge in [0.25, 0.3) is 0 Å². The lowest BCUT2D eigenvalue weighted by Gasteiger charge is -2.04. The number of hydrogen-bond donors (Lipinski definition) is 1. The summed E-state index contributed by atoms with van der Waals surface area (Å²) in [5.41, 5.74) is 3.23. The number of aromatic nitrogens is 2. The second-order valence-electron chi connectivity index (χ2n) is 3.77. The standard InChI is InChI=1S/C13H14N2O/c1-10-4-2-3-5-12(10)6-13-14-7-11(9-16)8-15-13/h2-5,7-8,16H,6,9H2,1H3.